The van der Waals surface area contributed by atoms with Gasteiger partial charge in [-0.2, -0.15) is 0 Å². The standard InChI is InChI=1S/C14H20N2O/c1-16(2)14(17)12-6-3-5-11(9-12)13-7-4-8-15-10-13/h3,5-6,9,13,15H,4,7-8,10H2,1-2H3. The van der Waals surface area contributed by atoms with Crippen LogP contribution in [0.2, 0.25) is 0 Å². The van der Waals surface area contributed by atoms with Crippen LogP contribution in [0.15, 0.2) is 24.3 Å². The van der Waals surface area contributed by atoms with Gasteiger partial charge >= 0.3 is 0 Å². The average molecular weight is 232 g/mol. The minimum absolute atomic E-state index is 0.0793. The van der Waals surface area contributed by atoms with Gasteiger partial charge in [-0.25, -0.2) is 0 Å². The van der Waals surface area contributed by atoms with Crippen molar-refractivity contribution >= 4 is 5.91 Å². The summed E-state index contributed by atoms with van der Waals surface area (Å²) in [5.41, 5.74) is 2.07. The number of hydrogen-bond acceptors (Lipinski definition) is 2. The second-order valence-electron chi connectivity index (χ2n) is 4.87. The van der Waals surface area contributed by atoms with Crippen LogP contribution in [0.25, 0.3) is 0 Å². The Labute approximate surface area is 103 Å². The van der Waals surface area contributed by atoms with Crippen LogP contribution in [0.5, 0.6) is 0 Å². The zero-order valence-corrected chi connectivity index (χ0v) is 10.6. The highest BCUT2D eigenvalue weighted by Gasteiger charge is 2.16. The summed E-state index contributed by atoms with van der Waals surface area (Å²) in [5, 5.41) is 3.41. The molecule has 1 fully saturated rings. The third-order valence-electron chi connectivity index (χ3n) is 3.31. The second-order valence-corrected chi connectivity index (χ2v) is 4.87. The van der Waals surface area contributed by atoms with Gasteiger partial charge in [0.2, 0.25) is 0 Å². The van der Waals surface area contributed by atoms with E-state index in [2.05, 4.69) is 11.4 Å². The molecule has 0 bridgehead atoms. The highest BCUT2D eigenvalue weighted by atomic mass is 16.2. The predicted molar refractivity (Wildman–Crippen MR) is 69.3 cm³/mol. The van der Waals surface area contributed by atoms with E-state index in [1.807, 2.05) is 18.2 Å². The van der Waals surface area contributed by atoms with Crippen molar-refractivity contribution in [2.45, 2.75) is 18.8 Å². The van der Waals surface area contributed by atoms with Crippen molar-refractivity contribution in [1.82, 2.24) is 10.2 Å². The summed E-state index contributed by atoms with van der Waals surface area (Å²) in [5.74, 6) is 0.634. The van der Waals surface area contributed by atoms with Crippen molar-refractivity contribution in [3.05, 3.63) is 35.4 Å². The number of nitrogens with one attached hydrogen (secondary N) is 1. The first-order valence-corrected chi connectivity index (χ1v) is 6.21. The van der Waals surface area contributed by atoms with Crippen LogP contribution < -0.4 is 5.32 Å². The Morgan fingerprint density at radius 1 is 1.41 bits per heavy atom. The molecule has 2 rings (SSSR count). The normalized spacial score (nSPS) is 20.0. The van der Waals surface area contributed by atoms with Crippen LogP contribution in [0, 0.1) is 0 Å². The summed E-state index contributed by atoms with van der Waals surface area (Å²) in [4.78, 5) is 13.5. The molecule has 0 radical (unpaired) electrons. The van der Waals surface area contributed by atoms with Crippen LogP contribution in [0.1, 0.15) is 34.7 Å². The number of amides is 1. The van der Waals surface area contributed by atoms with E-state index in [1.165, 1.54) is 18.4 Å². The highest BCUT2D eigenvalue weighted by molar-refractivity contribution is 5.94. The first-order chi connectivity index (χ1) is 8.18. The maximum atomic E-state index is 11.9. The molecule has 0 aromatic heterocycles. The van der Waals surface area contributed by atoms with Crippen molar-refractivity contribution in [3.8, 4) is 0 Å². The molecule has 1 heterocycles. The summed E-state index contributed by atoms with van der Waals surface area (Å²) in [7, 11) is 3.58. The molecule has 1 N–H and O–H groups in total. The zero-order chi connectivity index (χ0) is 12.3. The summed E-state index contributed by atoms with van der Waals surface area (Å²) in [6, 6.07) is 8.05. The Hall–Kier alpha value is -1.35. The Morgan fingerprint density at radius 2 is 2.24 bits per heavy atom. The molecule has 1 atom stereocenters. The number of nitrogens with zero attached hydrogens (tertiary/aromatic N) is 1. The number of rotatable bonds is 2. The molecule has 0 aliphatic carbocycles. The topological polar surface area (TPSA) is 32.3 Å². The minimum atomic E-state index is 0.0793. The molecule has 1 aliphatic heterocycles. The highest BCUT2D eigenvalue weighted by Crippen LogP contribution is 2.24. The van der Waals surface area contributed by atoms with E-state index in [9.17, 15) is 4.79 Å². The van der Waals surface area contributed by atoms with Gasteiger partial charge in [0.25, 0.3) is 5.91 Å². The van der Waals surface area contributed by atoms with Gasteiger partial charge in [-0.3, -0.25) is 4.79 Å². The number of carbonyl (C=O) groups excluding carboxylic acids is 1. The summed E-state index contributed by atoms with van der Waals surface area (Å²) >= 11 is 0. The molecule has 3 heteroatoms. The van der Waals surface area contributed by atoms with Gasteiger partial charge in [0.15, 0.2) is 0 Å². The third kappa shape index (κ3) is 2.86. The lowest BCUT2D eigenvalue weighted by Gasteiger charge is -2.23. The van der Waals surface area contributed by atoms with Gasteiger partial charge in [-0.1, -0.05) is 12.1 Å². The third-order valence-corrected chi connectivity index (χ3v) is 3.31. The van der Waals surface area contributed by atoms with E-state index in [1.54, 1.807) is 19.0 Å². The fourth-order valence-electron chi connectivity index (χ4n) is 2.32. The summed E-state index contributed by atoms with van der Waals surface area (Å²) < 4.78 is 0. The molecule has 17 heavy (non-hydrogen) atoms. The van der Waals surface area contributed by atoms with Crippen molar-refractivity contribution in [3.63, 3.8) is 0 Å². The van der Waals surface area contributed by atoms with Crippen LogP contribution in [-0.4, -0.2) is 38.0 Å². The Bertz CT molecular complexity index is 395. The molecule has 1 unspecified atom stereocenters. The molecule has 1 saturated heterocycles. The maximum Gasteiger partial charge on any atom is 0.253 e. The Balaban J connectivity index is 2.18. The zero-order valence-electron chi connectivity index (χ0n) is 10.6. The molecule has 3 nitrogen and oxygen atoms in total. The molecule has 92 valence electrons. The van der Waals surface area contributed by atoms with Gasteiger partial charge in [-0.05, 0) is 43.0 Å². The molecule has 1 aromatic rings. The quantitative estimate of drug-likeness (QED) is 0.844. The van der Waals surface area contributed by atoms with E-state index in [0.717, 1.165) is 18.7 Å². The first kappa shape index (κ1) is 12.1. The number of benzene rings is 1. The smallest absolute Gasteiger partial charge is 0.253 e. The lowest BCUT2D eigenvalue weighted by atomic mass is 9.90. The van der Waals surface area contributed by atoms with E-state index in [-0.39, 0.29) is 5.91 Å². The Morgan fingerprint density at radius 3 is 2.88 bits per heavy atom. The van der Waals surface area contributed by atoms with Crippen molar-refractivity contribution < 1.29 is 4.79 Å². The SMILES string of the molecule is CN(C)C(=O)c1cccc(C2CCCNC2)c1. The van der Waals surface area contributed by atoms with Crippen molar-refractivity contribution in [1.29, 1.82) is 0 Å². The number of carbonyl (C=O) groups is 1. The second kappa shape index (κ2) is 5.32. The van der Waals surface area contributed by atoms with Crippen LogP contribution >= 0.6 is 0 Å². The van der Waals surface area contributed by atoms with Crippen LogP contribution in [0.4, 0.5) is 0 Å². The fourth-order valence-corrected chi connectivity index (χ4v) is 2.32. The average Bonchev–Trinajstić information content (AvgIpc) is 2.39. The predicted octanol–water partition coefficient (Wildman–Crippen LogP) is 1.86. The lowest BCUT2D eigenvalue weighted by Crippen LogP contribution is -2.28. The maximum absolute atomic E-state index is 11.9. The minimum Gasteiger partial charge on any atom is -0.345 e. The van der Waals surface area contributed by atoms with Gasteiger partial charge in [0, 0.05) is 26.2 Å². The van der Waals surface area contributed by atoms with Gasteiger partial charge in [0.05, 0.1) is 0 Å². The molecule has 1 aliphatic rings. The van der Waals surface area contributed by atoms with Crippen molar-refractivity contribution in [2.24, 2.45) is 0 Å². The lowest BCUT2D eigenvalue weighted by molar-refractivity contribution is 0.0827. The van der Waals surface area contributed by atoms with E-state index in [4.69, 9.17) is 0 Å². The molecule has 1 amide bonds. The molecule has 0 saturated carbocycles. The van der Waals surface area contributed by atoms with Gasteiger partial charge in [0.1, 0.15) is 0 Å². The molecule has 1 aromatic carbocycles. The number of hydrogen-bond donors (Lipinski definition) is 1. The van der Waals surface area contributed by atoms with Gasteiger partial charge in [-0.15, -0.1) is 0 Å². The van der Waals surface area contributed by atoms with Crippen LogP contribution in [-0.2, 0) is 0 Å². The first-order valence-electron chi connectivity index (χ1n) is 6.21. The fraction of sp³-hybridized carbons (Fsp3) is 0.500. The number of piperidine rings is 1. The van der Waals surface area contributed by atoms with E-state index in [0.29, 0.717) is 5.92 Å². The van der Waals surface area contributed by atoms with Crippen LogP contribution in [0.3, 0.4) is 0 Å². The largest absolute Gasteiger partial charge is 0.345 e. The summed E-state index contributed by atoms with van der Waals surface area (Å²) in [6.45, 7) is 2.15. The molecular formula is C14H20N2O. The van der Waals surface area contributed by atoms with Gasteiger partial charge < -0.3 is 10.2 Å². The van der Waals surface area contributed by atoms with E-state index >= 15 is 0 Å². The summed E-state index contributed by atoms with van der Waals surface area (Å²) in [6.07, 6.45) is 2.43. The molecular weight excluding hydrogens is 212 g/mol. The van der Waals surface area contributed by atoms with E-state index < -0.39 is 0 Å². The monoisotopic (exact) mass is 232 g/mol. The molecule has 0 spiro atoms. The van der Waals surface area contributed by atoms with Crippen molar-refractivity contribution in [2.75, 3.05) is 27.2 Å². The Kier molecular flexibility index (Phi) is 3.79.